The number of likely N-dealkylation sites (tertiary alicyclic amines) is 1. The lowest BCUT2D eigenvalue weighted by atomic mass is 10.1. The first-order valence-corrected chi connectivity index (χ1v) is 6.56. The molecule has 13 heavy (non-hydrogen) atoms. The number of hydrogen-bond donors (Lipinski definition) is 1. The van der Waals surface area contributed by atoms with E-state index in [1.807, 2.05) is 0 Å². The van der Waals surface area contributed by atoms with Crippen LogP contribution in [0.15, 0.2) is 0 Å². The highest BCUT2D eigenvalue weighted by Gasteiger charge is 2.22. The Bertz CT molecular complexity index is 159. The monoisotopic (exact) mass is 200 g/mol. The van der Waals surface area contributed by atoms with Crippen molar-refractivity contribution >= 4 is 11.8 Å². The number of hydrogen-bond acceptors (Lipinski definition) is 3. The van der Waals surface area contributed by atoms with Crippen molar-refractivity contribution in [2.24, 2.45) is 11.7 Å². The number of nitrogens with zero attached hydrogens (tertiary/aromatic N) is 1. The minimum Gasteiger partial charge on any atom is -0.328 e. The molecule has 3 heteroatoms. The predicted octanol–water partition coefficient (Wildman–Crippen LogP) is 1.16. The fourth-order valence-electron chi connectivity index (χ4n) is 2.12. The molecule has 2 N–H and O–H groups in total. The van der Waals surface area contributed by atoms with Crippen LogP contribution in [0.25, 0.3) is 0 Å². The molecule has 2 heterocycles. The molecule has 0 aromatic rings. The molecular formula is C10H20N2S. The third kappa shape index (κ3) is 2.86. The van der Waals surface area contributed by atoms with Crippen molar-refractivity contribution in [2.45, 2.75) is 25.3 Å². The van der Waals surface area contributed by atoms with Crippen LogP contribution < -0.4 is 5.73 Å². The van der Waals surface area contributed by atoms with Crippen molar-refractivity contribution in [3.63, 3.8) is 0 Å². The fourth-order valence-corrected chi connectivity index (χ4v) is 2.90. The van der Waals surface area contributed by atoms with Gasteiger partial charge in [0.2, 0.25) is 0 Å². The van der Waals surface area contributed by atoms with Gasteiger partial charge >= 0.3 is 0 Å². The van der Waals surface area contributed by atoms with Crippen molar-refractivity contribution in [1.29, 1.82) is 0 Å². The Morgan fingerprint density at radius 2 is 2.08 bits per heavy atom. The Hall–Kier alpha value is 0.270. The summed E-state index contributed by atoms with van der Waals surface area (Å²) >= 11 is 2.09. The van der Waals surface area contributed by atoms with E-state index in [0.717, 1.165) is 5.92 Å². The summed E-state index contributed by atoms with van der Waals surface area (Å²) in [6.07, 6.45) is 3.75. The Labute approximate surface area is 85.2 Å². The zero-order valence-electron chi connectivity index (χ0n) is 8.24. The zero-order chi connectivity index (χ0) is 9.10. The summed E-state index contributed by atoms with van der Waals surface area (Å²) in [7, 11) is 0. The maximum absolute atomic E-state index is 5.94. The van der Waals surface area contributed by atoms with Crippen LogP contribution >= 0.6 is 11.8 Å². The average molecular weight is 200 g/mol. The fraction of sp³-hybridized carbons (Fsp3) is 1.00. The molecule has 0 bridgehead atoms. The van der Waals surface area contributed by atoms with Gasteiger partial charge in [-0.3, -0.25) is 0 Å². The quantitative estimate of drug-likeness (QED) is 0.725. The average Bonchev–Trinajstić information content (AvgIpc) is 2.23. The van der Waals surface area contributed by atoms with E-state index in [4.69, 9.17) is 5.73 Å². The normalized spacial score (nSPS) is 32.5. The summed E-state index contributed by atoms with van der Waals surface area (Å²) < 4.78 is 0. The van der Waals surface area contributed by atoms with Gasteiger partial charge in [-0.2, -0.15) is 11.8 Å². The van der Waals surface area contributed by atoms with Gasteiger partial charge in [0, 0.05) is 12.6 Å². The second-order valence-corrected chi connectivity index (χ2v) is 5.47. The number of thioether (sulfide) groups is 1. The highest BCUT2D eigenvalue weighted by Crippen LogP contribution is 2.25. The van der Waals surface area contributed by atoms with Crippen molar-refractivity contribution in [3.8, 4) is 0 Å². The van der Waals surface area contributed by atoms with Crippen LogP contribution in [0.3, 0.4) is 0 Å². The van der Waals surface area contributed by atoms with Crippen molar-refractivity contribution < 1.29 is 0 Å². The van der Waals surface area contributed by atoms with E-state index in [-0.39, 0.29) is 0 Å². The Morgan fingerprint density at radius 1 is 1.23 bits per heavy atom. The topological polar surface area (TPSA) is 29.3 Å². The first-order chi connectivity index (χ1) is 6.34. The molecule has 0 aromatic carbocycles. The van der Waals surface area contributed by atoms with E-state index in [1.165, 1.54) is 50.4 Å². The minimum absolute atomic E-state index is 0.473. The lowest BCUT2D eigenvalue weighted by Crippen LogP contribution is -2.36. The molecule has 2 aliphatic heterocycles. The standard InChI is InChI=1S/C10H20N2S/c11-10-2-1-4-12(5-3-10)6-9-7-13-8-9/h9-10H,1-8,11H2. The summed E-state index contributed by atoms with van der Waals surface area (Å²) in [5.74, 6) is 3.77. The molecular weight excluding hydrogens is 180 g/mol. The van der Waals surface area contributed by atoms with Gasteiger partial charge in [-0.25, -0.2) is 0 Å². The molecule has 2 aliphatic rings. The van der Waals surface area contributed by atoms with Crippen LogP contribution in [-0.4, -0.2) is 42.1 Å². The molecule has 0 saturated carbocycles. The summed E-state index contributed by atoms with van der Waals surface area (Å²) in [5.41, 5.74) is 5.94. The lowest BCUT2D eigenvalue weighted by Gasteiger charge is -2.31. The van der Waals surface area contributed by atoms with Crippen LogP contribution in [-0.2, 0) is 0 Å². The zero-order valence-corrected chi connectivity index (χ0v) is 9.06. The van der Waals surface area contributed by atoms with Gasteiger partial charge in [-0.15, -0.1) is 0 Å². The van der Waals surface area contributed by atoms with E-state index in [0.29, 0.717) is 6.04 Å². The maximum Gasteiger partial charge on any atom is 0.00514 e. The van der Waals surface area contributed by atoms with Crippen molar-refractivity contribution in [3.05, 3.63) is 0 Å². The van der Waals surface area contributed by atoms with Gasteiger partial charge in [0.05, 0.1) is 0 Å². The molecule has 2 rings (SSSR count). The second kappa shape index (κ2) is 4.67. The van der Waals surface area contributed by atoms with Gasteiger partial charge in [0.25, 0.3) is 0 Å². The molecule has 2 nitrogen and oxygen atoms in total. The summed E-state index contributed by atoms with van der Waals surface area (Å²) in [6, 6.07) is 0.473. The molecule has 0 aliphatic carbocycles. The molecule has 0 radical (unpaired) electrons. The Balaban J connectivity index is 1.71. The molecule has 2 saturated heterocycles. The first-order valence-electron chi connectivity index (χ1n) is 5.40. The lowest BCUT2D eigenvalue weighted by molar-refractivity contribution is 0.252. The molecule has 1 unspecified atom stereocenters. The summed E-state index contributed by atoms with van der Waals surface area (Å²) in [4.78, 5) is 2.62. The van der Waals surface area contributed by atoms with E-state index < -0.39 is 0 Å². The van der Waals surface area contributed by atoms with E-state index in [2.05, 4.69) is 16.7 Å². The SMILES string of the molecule is NC1CCCN(CC2CSC2)CC1. The third-order valence-corrected chi connectivity index (χ3v) is 4.50. The highest BCUT2D eigenvalue weighted by atomic mass is 32.2. The molecule has 0 amide bonds. The largest absolute Gasteiger partial charge is 0.328 e. The minimum atomic E-state index is 0.473. The molecule has 0 aromatic heterocycles. The first kappa shape index (κ1) is 9.81. The van der Waals surface area contributed by atoms with Crippen LogP contribution in [0.4, 0.5) is 0 Å². The van der Waals surface area contributed by atoms with Gasteiger partial charge in [0.15, 0.2) is 0 Å². The van der Waals surface area contributed by atoms with Gasteiger partial charge in [0.1, 0.15) is 0 Å². The van der Waals surface area contributed by atoms with Gasteiger partial charge < -0.3 is 10.6 Å². The van der Waals surface area contributed by atoms with E-state index >= 15 is 0 Å². The predicted molar refractivity (Wildman–Crippen MR) is 59.1 cm³/mol. The molecule has 76 valence electrons. The van der Waals surface area contributed by atoms with Crippen molar-refractivity contribution in [1.82, 2.24) is 4.90 Å². The van der Waals surface area contributed by atoms with Crippen molar-refractivity contribution in [2.75, 3.05) is 31.1 Å². The highest BCUT2D eigenvalue weighted by molar-refractivity contribution is 8.00. The van der Waals surface area contributed by atoms with Crippen LogP contribution in [0, 0.1) is 5.92 Å². The van der Waals surface area contributed by atoms with Crippen LogP contribution in [0.2, 0.25) is 0 Å². The third-order valence-electron chi connectivity index (χ3n) is 3.09. The Kier molecular flexibility index (Phi) is 3.52. The number of rotatable bonds is 2. The summed E-state index contributed by atoms with van der Waals surface area (Å²) in [6.45, 7) is 3.86. The maximum atomic E-state index is 5.94. The summed E-state index contributed by atoms with van der Waals surface area (Å²) in [5, 5.41) is 0. The van der Waals surface area contributed by atoms with E-state index in [9.17, 15) is 0 Å². The van der Waals surface area contributed by atoms with Crippen LogP contribution in [0.5, 0.6) is 0 Å². The Morgan fingerprint density at radius 3 is 2.77 bits per heavy atom. The molecule has 1 atom stereocenters. The van der Waals surface area contributed by atoms with Crippen LogP contribution in [0.1, 0.15) is 19.3 Å². The van der Waals surface area contributed by atoms with Gasteiger partial charge in [-0.1, -0.05) is 0 Å². The smallest absolute Gasteiger partial charge is 0.00514 e. The number of nitrogens with two attached hydrogens (primary N) is 1. The van der Waals surface area contributed by atoms with Gasteiger partial charge in [-0.05, 0) is 49.8 Å². The van der Waals surface area contributed by atoms with E-state index in [1.54, 1.807) is 0 Å². The molecule has 2 fully saturated rings. The second-order valence-electron chi connectivity index (χ2n) is 4.40. The molecule has 0 spiro atoms.